The summed E-state index contributed by atoms with van der Waals surface area (Å²) in [6, 6.07) is 0.846. The number of nitrogens with zero attached hydrogens (tertiary/aromatic N) is 4. The Labute approximate surface area is 228 Å². The van der Waals surface area contributed by atoms with E-state index in [2.05, 4.69) is 80.2 Å². The van der Waals surface area contributed by atoms with Gasteiger partial charge in [0.05, 0.1) is 17.5 Å². The van der Waals surface area contributed by atoms with Crippen LogP contribution in [0.3, 0.4) is 0 Å². The fourth-order valence-electron chi connectivity index (χ4n) is 7.03. The molecule has 0 aromatic carbocycles. The van der Waals surface area contributed by atoms with E-state index in [1.54, 1.807) is 0 Å². The molecule has 5 aliphatic heterocycles. The standard InChI is InChI=1S/C33H42N4O/c1-5-25-17-26-18-32(34-24(4)30(26)13-9-22(25)2)31-19-33(38)37-21-29(12-11-27(37)10-8-23(31)3)36-16-15-35-14-6-7-28(35)20-36/h9-12,17-19,21,23-24,28,30H,5-8,13-16,20H2,1-4H3. The number of hydrogen-bond donors (Lipinski definition) is 0. The number of piperazine rings is 1. The number of carbonyl (C=O) groups is 1. The largest absolute Gasteiger partial charge is 0.367 e. The van der Waals surface area contributed by atoms with Crippen molar-refractivity contribution in [3.8, 4) is 0 Å². The van der Waals surface area contributed by atoms with Crippen LogP contribution in [-0.2, 0) is 4.79 Å². The zero-order valence-corrected chi connectivity index (χ0v) is 23.5. The lowest BCUT2D eigenvalue weighted by Gasteiger charge is -2.40. The van der Waals surface area contributed by atoms with Crippen molar-refractivity contribution in [3.63, 3.8) is 0 Å². The Morgan fingerprint density at radius 3 is 2.68 bits per heavy atom. The predicted molar refractivity (Wildman–Crippen MR) is 155 cm³/mol. The van der Waals surface area contributed by atoms with Gasteiger partial charge in [-0.2, -0.15) is 0 Å². The van der Waals surface area contributed by atoms with E-state index in [1.165, 1.54) is 36.1 Å². The number of allylic oxidation sites excluding steroid dienone is 9. The molecule has 200 valence electrons. The van der Waals surface area contributed by atoms with Crippen molar-refractivity contribution in [2.24, 2.45) is 16.8 Å². The van der Waals surface area contributed by atoms with Gasteiger partial charge >= 0.3 is 0 Å². The molecule has 0 N–H and O–H groups in total. The highest BCUT2D eigenvalue weighted by Crippen LogP contribution is 2.36. The molecule has 1 aliphatic carbocycles. The minimum atomic E-state index is 0.0261. The van der Waals surface area contributed by atoms with E-state index in [4.69, 9.17) is 4.99 Å². The van der Waals surface area contributed by atoms with Gasteiger partial charge in [-0.3, -0.25) is 19.6 Å². The zero-order chi connectivity index (χ0) is 26.4. The molecule has 0 saturated carbocycles. The molecule has 0 bridgehead atoms. The molecule has 0 aromatic rings. The zero-order valence-electron chi connectivity index (χ0n) is 23.5. The third-order valence-electron chi connectivity index (χ3n) is 9.50. The Kier molecular flexibility index (Phi) is 6.90. The highest BCUT2D eigenvalue weighted by atomic mass is 16.2. The monoisotopic (exact) mass is 510 g/mol. The van der Waals surface area contributed by atoms with Crippen LogP contribution in [0.25, 0.3) is 0 Å². The number of aliphatic imine (C=N–C) groups is 1. The predicted octanol–water partition coefficient (Wildman–Crippen LogP) is 5.93. The molecule has 5 heteroatoms. The molecule has 6 aliphatic rings. The molecule has 0 radical (unpaired) electrons. The third-order valence-corrected chi connectivity index (χ3v) is 9.50. The molecule has 5 heterocycles. The van der Waals surface area contributed by atoms with E-state index in [0.717, 1.165) is 61.6 Å². The van der Waals surface area contributed by atoms with E-state index in [1.807, 2.05) is 11.0 Å². The Morgan fingerprint density at radius 2 is 1.84 bits per heavy atom. The summed E-state index contributed by atoms with van der Waals surface area (Å²) in [5.41, 5.74) is 8.34. The average Bonchev–Trinajstić information content (AvgIpc) is 3.32. The van der Waals surface area contributed by atoms with Crippen LogP contribution in [0.4, 0.5) is 0 Å². The minimum Gasteiger partial charge on any atom is -0.367 e. The average molecular weight is 511 g/mol. The van der Waals surface area contributed by atoms with E-state index in [0.29, 0.717) is 12.0 Å². The topological polar surface area (TPSA) is 39.2 Å². The molecule has 0 spiro atoms. The summed E-state index contributed by atoms with van der Waals surface area (Å²) >= 11 is 0. The van der Waals surface area contributed by atoms with E-state index in [9.17, 15) is 4.79 Å². The van der Waals surface area contributed by atoms with E-state index < -0.39 is 0 Å². The van der Waals surface area contributed by atoms with E-state index >= 15 is 0 Å². The molecule has 2 fully saturated rings. The number of amides is 1. The highest BCUT2D eigenvalue weighted by molar-refractivity contribution is 6.13. The fourth-order valence-corrected chi connectivity index (χ4v) is 7.03. The summed E-state index contributed by atoms with van der Waals surface area (Å²) < 4.78 is 0. The quantitative estimate of drug-likeness (QED) is 0.473. The second kappa shape index (κ2) is 10.3. The van der Waals surface area contributed by atoms with Gasteiger partial charge in [0.2, 0.25) is 0 Å². The second-order valence-corrected chi connectivity index (χ2v) is 11.9. The van der Waals surface area contributed by atoms with Gasteiger partial charge < -0.3 is 4.90 Å². The summed E-state index contributed by atoms with van der Waals surface area (Å²) in [4.78, 5) is 25.9. The Morgan fingerprint density at radius 1 is 1.00 bits per heavy atom. The molecule has 1 amide bonds. The fraction of sp³-hybridized carbons (Fsp3) is 0.515. The maximum atomic E-state index is 13.8. The summed E-state index contributed by atoms with van der Waals surface area (Å²) in [7, 11) is 0. The van der Waals surface area contributed by atoms with Crippen molar-refractivity contribution in [2.45, 2.75) is 71.9 Å². The molecule has 4 atom stereocenters. The number of fused-ring (bicyclic) bond motifs is 3. The smallest absolute Gasteiger partial charge is 0.255 e. The lowest BCUT2D eigenvalue weighted by molar-refractivity contribution is -0.122. The normalized spacial score (nSPS) is 31.8. The maximum absolute atomic E-state index is 13.8. The molecule has 38 heavy (non-hydrogen) atoms. The van der Waals surface area contributed by atoms with Gasteiger partial charge in [0.1, 0.15) is 0 Å². The van der Waals surface area contributed by atoms with Crippen LogP contribution in [0.1, 0.15) is 59.8 Å². The SMILES string of the molecule is CCC1=CC2=CC(C3=CC(=O)N4C=C(N5CCN6CCCC6C5)C=CC4=CCC3C)=NC(C)C2CC=C1C. The maximum Gasteiger partial charge on any atom is 0.255 e. The third kappa shape index (κ3) is 4.70. The van der Waals surface area contributed by atoms with Crippen molar-refractivity contribution < 1.29 is 4.79 Å². The summed E-state index contributed by atoms with van der Waals surface area (Å²) in [5.74, 6) is 0.656. The Balaban J connectivity index is 1.29. The lowest BCUT2D eigenvalue weighted by atomic mass is 9.82. The van der Waals surface area contributed by atoms with Gasteiger partial charge in [-0.05, 0) is 93.4 Å². The molecule has 0 aromatic heterocycles. The van der Waals surface area contributed by atoms with E-state index in [-0.39, 0.29) is 17.9 Å². The lowest BCUT2D eigenvalue weighted by Crippen LogP contribution is -2.49. The second-order valence-electron chi connectivity index (χ2n) is 11.9. The van der Waals surface area contributed by atoms with Crippen molar-refractivity contribution in [1.82, 2.24) is 14.7 Å². The van der Waals surface area contributed by atoms with Crippen LogP contribution >= 0.6 is 0 Å². The van der Waals surface area contributed by atoms with Gasteiger partial charge in [0.25, 0.3) is 5.91 Å². The van der Waals surface area contributed by atoms with Crippen molar-refractivity contribution in [3.05, 3.63) is 82.4 Å². The number of dihydropyridines is 1. The molecule has 5 nitrogen and oxygen atoms in total. The van der Waals surface area contributed by atoms with Crippen molar-refractivity contribution in [2.75, 3.05) is 26.2 Å². The van der Waals surface area contributed by atoms with Crippen LogP contribution in [0.15, 0.2) is 87.4 Å². The summed E-state index contributed by atoms with van der Waals surface area (Å²) in [5, 5.41) is 0. The molecule has 4 unspecified atom stereocenters. The van der Waals surface area contributed by atoms with Gasteiger partial charge in [0.15, 0.2) is 0 Å². The number of hydrogen-bond acceptors (Lipinski definition) is 4. The summed E-state index contributed by atoms with van der Waals surface area (Å²) in [6.45, 7) is 13.3. The van der Waals surface area contributed by atoms with Gasteiger partial charge in [-0.1, -0.05) is 37.6 Å². The highest BCUT2D eigenvalue weighted by Gasteiger charge is 2.33. The van der Waals surface area contributed by atoms with Crippen LogP contribution in [0, 0.1) is 11.8 Å². The van der Waals surface area contributed by atoms with Gasteiger partial charge in [-0.25, -0.2) is 0 Å². The van der Waals surface area contributed by atoms with Crippen LogP contribution < -0.4 is 0 Å². The van der Waals surface area contributed by atoms with Crippen molar-refractivity contribution >= 4 is 11.6 Å². The van der Waals surface area contributed by atoms with Crippen molar-refractivity contribution in [1.29, 1.82) is 0 Å². The van der Waals surface area contributed by atoms with Crippen LogP contribution in [-0.4, -0.2) is 64.6 Å². The Hall–Kier alpha value is -2.92. The van der Waals surface area contributed by atoms with Gasteiger partial charge in [-0.15, -0.1) is 0 Å². The first kappa shape index (κ1) is 25.4. The van der Waals surface area contributed by atoms with Crippen LogP contribution in [0.2, 0.25) is 0 Å². The summed E-state index contributed by atoms with van der Waals surface area (Å²) in [6.07, 6.45) is 23.1. The number of carbonyl (C=O) groups excluding carboxylic acids is 1. The molecule has 6 rings (SSSR count). The first-order valence-corrected chi connectivity index (χ1v) is 14.7. The first-order chi connectivity index (χ1) is 18.4. The van der Waals surface area contributed by atoms with Crippen LogP contribution in [0.5, 0.6) is 0 Å². The molecular formula is C33H42N4O. The minimum absolute atomic E-state index is 0.0261. The molecule has 2 saturated heterocycles. The first-order valence-electron chi connectivity index (χ1n) is 14.7. The molecular weight excluding hydrogens is 468 g/mol. The Bertz CT molecular complexity index is 1260. The van der Waals surface area contributed by atoms with Gasteiger partial charge in [0, 0.05) is 49.6 Å². The number of rotatable bonds is 3.